The summed E-state index contributed by atoms with van der Waals surface area (Å²) < 4.78 is 13.7. The number of fused-ring (bicyclic) bond motifs is 1. The van der Waals surface area contributed by atoms with Gasteiger partial charge < -0.3 is 18.9 Å². The van der Waals surface area contributed by atoms with Crippen molar-refractivity contribution < 1.29 is 19.2 Å². The van der Waals surface area contributed by atoms with Crippen LogP contribution in [-0.2, 0) is 13.7 Å². The van der Waals surface area contributed by atoms with E-state index in [2.05, 4.69) is 5.16 Å². The second kappa shape index (κ2) is 10.2. The van der Waals surface area contributed by atoms with Crippen LogP contribution in [0.25, 0.3) is 33.3 Å². The monoisotopic (exact) mass is 548 g/mol. The molecule has 0 unspecified atom stereocenters. The van der Waals surface area contributed by atoms with Crippen LogP contribution >= 0.6 is 23.2 Å². The molecule has 8 heteroatoms. The smallest absolute Gasteiger partial charge is 0.337 e. The van der Waals surface area contributed by atoms with Gasteiger partial charge in [-0.1, -0.05) is 66.5 Å². The fraction of sp³-hybridized carbons (Fsp3) is 0.200. The van der Waals surface area contributed by atoms with Crippen molar-refractivity contribution in [3.63, 3.8) is 0 Å². The molecule has 5 rings (SSSR count). The average molecular weight is 549 g/mol. The molecule has 0 aliphatic rings. The number of ether oxygens (including phenoxy) is 1. The number of halogens is 2. The third-order valence-electron chi connectivity index (χ3n) is 6.66. The van der Waals surface area contributed by atoms with Gasteiger partial charge in [-0.05, 0) is 53.9 Å². The lowest BCUT2D eigenvalue weighted by molar-refractivity contribution is 0.0699. The molecule has 0 fully saturated rings. The molecular formula is C30H26Cl2N2O4. The maximum Gasteiger partial charge on any atom is 0.337 e. The summed E-state index contributed by atoms with van der Waals surface area (Å²) in [6, 6.07) is 17.1. The highest BCUT2D eigenvalue weighted by Gasteiger charge is 2.24. The van der Waals surface area contributed by atoms with Gasteiger partial charge in [0, 0.05) is 35.6 Å². The highest BCUT2D eigenvalue weighted by atomic mass is 35.5. The minimum Gasteiger partial charge on any atom is -0.489 e. The van der Waals surface area contributed by atoms with Crippen molar-refractivity contribution in [2.75, 3.05) is 0 Å². The third kappa shape index (κ3) is 4.66. The Bertz CT molecular complexity index is 1660. The lowest BCUT2D eigenvalue weighted by atomic mass is 9.98. The van der Waals surface area contributed by atoms with Crippen LogP contribution in [0.4, 0.5) is 0 Å². The number of carbonyl (C=O) groups is 1. The van der Waals surface area contributed by atoms with E-state index in [9.17, 15) is 9.90 Å². The molecule has 0 atom stereocenters. The molecule has 194 valence electrons. The van der Waals surface area contributed by atoms with E-state index in [1.165, 1.54) is 0 Å². The largest absolute Gasteiger partial charge is 0.489 e. The lowest BCUT2D eigenvalue weighted by Crippen LogP contribution is -2.01. The Balaban J connectivity index is 1.44. The van der Waals surface area contributed by atoms with Crippen molar-refractivity contribution in [1.82, 2.24) is 9.72 Å². The number of benzene rings is 3. The summed E-state index contributed by atoms with van der Waals surface area (Å²) in [6.07, 6.45) is 1.64. The molecule has 0 aliphatic carbocycles. The second-order valence-corrected chi connectivity index (χ2v) is 10.4. The molecular weight excluding hydrogens is 523 g/mol. The molecule has 2 aromatic heterocycles. The van der Waals surface area contributed by atoms with E-state index in [1.54, 1.807) is 24.4 Å². The predicted octanol–water partition coefficient (Wildman–Crippen LogP) is 8.52. The molecule has 3 aromatic carbocycles. The van der Waals surface area contributed by atoms with E-state index < -0.39 is 5.97 Å². The number of hydrogen-bond acceptors (Lipinski definition) is 4. The molecule has 6 nitrogen and oxygen atoms in total. The van der Waals surface area contributed by atoms with E-state index in [-0.39, 0.29) is 12.5 Å². The average Bonchev–Trinajstić information content (AvgIpc) is 3.44. The molecule has 0 aliphatic heterocycles. The normalized spacial score (nSPS) is 11.4. The molecule has 0 saturated heterocycles. The Morgan fingerprint density at radius 3 is 2.50 bits per heavy atom. The Kier molecular flexibility index (Phi) is 6.95. The number of aromatic carboxylic acids is 1. The van der Waals surface area contributed by atoms with Gasteiger partial charge in [0.25, 0.3) is 0 Å². The zero-order valence-corrected chi connectivity index (χ0v) is 22.9. The van der Waals surface area contributed by atoms with Crippen LogP contribution in [0.5, 0.6) is 5.75 Å². The predicted molar refractivity (Wildman–Crippen MR) is 150 cm³/mol. The molecule has 2 heterocycles. The van der Waals surface area contributed by atoms with Gasteiger partial charge in [-0.3, -0.25) is 0 Å². The quantitative estimate of drug-likeness (QED) is 0.220. The first-order chi connectivity index (χ1) is 18.2. The van der Waals surface area contributed by atoms with E-state index in [1.807, 2.05) is 68.8 Å². The minimum absolute atomic E-state index is 0.0919. The Morgan fingerprint density at radius 1 is 1.11 bits per heavy atom. The van der Waals surface area contributed by atoms with Crippen molar-refractivity contribution in [2.24, 2.45) is 7.05 Å². The SMILES string of the molecule is Cc1cc(OCc2c(-c3c(Cl)cccc3Cl)noc2C(C)C)ccc1-c1ccc2c(C(=O)O)cn(C)c2c1. The van der Waals surface area contributed by atoms with Crippen molar-refractivity contribution in [3.8, 4) is 28.1 Å². The highest BCUT2D eigenvalue weighted by molar-refractivity contribution is 6.39. The molecule has 38 heavy (non-hydrogen) atoms. The van der Waals surface area contributed by atoms with E-state index in [0.717, 1.165) is 33.5 Å². The Hall–Kier alpha value is -3.74. The van der Waals surface area contributed by atoms with Gasteiger partial charge >= 0.3 is 5.97 Å². The zero-order valence-electron chi connectivity index (χ0n) is 21.4. The van der Waals surface area contributed by atoms with Crippen molar-refractivity contribution in [2.45, 2.75) is 33.3 Å². The van der Waals surface area contributed by atoms with Crippen molar-refractivity contribution in [3.05, 3.63) is 93.3 Å². The van der Waals surface area contributed by atoms with Crippen LogP contribution in [0.3, 0.4) is 0 Å². The molecule has 0 bridgehead atoms. The van der Waals surface area contributed by atoms with Crippen LogP contribution in [0.1, 0.15) is 47.0 Å². The summed E-state index contributed by atoms with van der Waals surface area (Å²) in [6.45, 7) is 6.32. The number of aromatic nitrogens is 2. The summed E-state index contributed by atoms with van der Waals surface area (Å²) in [4.78, 5) is 11.6. The van der Waals surface area contributed by atoms with Crippen molar-refractivity contribution >= 4 is 40.1 Å². The molecule has 0 saturated carbocycles. The van der Waals surface area contributed by atoms with Crippen LogP contribution < -0.4 is 4.74 Å². The number of aryl methyl sites for hydroxylation is 2. The summed E-state index contributed by atoms with van der Waals surface area (Å²) in [7, 11) is 1.85. The zero-order chi connectivity index (χ0) is 27.1. The first-order valence-electron chi connectivity index (χ1n) is 12.1. The lowest BCUT2D eigenvalue weighted by Gasteiger charge is -2.13. The first-order valence-corrected chi connectivity index (χ1v) is 12.9. The van der Waals surface area contributed by atoms with Crippen LogP contribution in [-0.4, -0.2) is 20.8 Å². The molecule has 1 N–H and O–H groups in total. The van der Waals surface area contributed by atoms with Gasteiger partial charge in [0.2, 0.25) is 0 Å². The van der Waals surface area contributed by atoms with Gasteiger partial charge in [-0.25, -0.2) is 4.79 Å². The topological polar surface area (TPSA) is 77.5 Å². The van der Waals surface area contributed by atoms with Crippen LogP contribution in [0, 0.1) is 6.92 Å². The maximum absolute atomic E-state index is 11.6. The standard InChI is InChI=1S/C30H26Cl2N2O4/c1-16(2)29-23(28(33-38-29)27-24(31)6-5-7-25(27)32)15-37-19-9-11-20(17(3)12-19)18-8-10-21-22(30(35)36)14-34(4)26(21)13-18/h5-14,16H,15H2,1-4H3,(H,35,36). The van der Waals surface area contributed by atoms with Crippen LogP contribution in [0.15, 0.2) is 65.3 Å². The fourth-order valence-electron chi connectivity index (χ4n) is 4.76. The summed E-state index contributed by atoms with van der Waals surface area (Å²) in [5.74, 6) is 0.580. The third-order valence-corrected chi connectivity index (χ3v) is 7.29. The number of carboxylic acids is 1. The highest BCUT2D eigenvalue weighted by Crippen LogP contribution is 2.39. The number of hydrogen-bond donors (Lipinski definition) is 1. The van der Waals surface area contributed by atoms with Gasteiger partial charge in [-0.15, -0.1) is 0 Å². The van der Waals surface area contributed by atoms with E-state index in [4.69, 9.17) is 32.5 Å². The van der Waals surface area contributed by atoms with Crippen LogP contribution in [0.2, 0.25) is 10.0 Å². The number of nitrogens with zero attached hydrogens (tertiary/aromatic N) is 2. The van der Waals surface area contributed by atoms with Gasteiger partial charge in [0.1, 0.15) is 23.8 Å². The molecule has 0 spiro atoms. The second-order valence-electron chi connectivity index (χ2n) is 9.58. The Morgan fingerprint density at radius 2 is 1.84 bits per heavy atom. The Labute approximate surface area is 230 Å². The summed E-state index contributed by atoms with van der Waals surface area (Å²) in [5, 5.41) is 15.5. The molecule has 5 aromatic rings. The van der Waals surface area contributed by atoms with Gasteiger partial charge in [-0.2, -0.15) is 0 Å². The minimum atomic E-state index is -0.936. The van der Waals surface area contributed by atoms with E-state index >= 15 is 0 Å². The number of rotatable bonds is 7. The van der Waals surface area contributed by atoms with Crippen molar-refractivity contribution in [1.29, 1.82) is 0 Å². The van der Waals surface area contributed by atoms with E-state index in [0.29, 0.717) is 38.0 Å². The van der Waals surface area contributed by atoms with Gasteiger partial charge in [0.15, 0.2) is 0 Å². The number of carboxylic acid groups (broad SMARTS) is 1. The maximum atomic E-state index is 11.6. The summed E-state index contributed by atoms with van der Waals surface area (Å²) >= 11 is 12.9. The summed E-state index contributed by atoms with van der Waals surface area (Å²) in [5.41, 5.74) is 6.22. The fourth-order valence-corrected chi connectivity index (χ4v) is 5.34. The van der Waals surface area contributed by atoms with Gasteiger partial charge in [0.05, 0.1) is 21.2 Å². The molecule has 0 radical (unpaired) electrons. The molecule has 0 amide bonds. The first kappa shape index (κ1) is 25.9.